The minimum atomic E-state index is -0.856. The van der Waals surface area contributed by atoms with Crippen LogP contribution in [0.5, 0.6) is 23.0 Å². The van der Waals surface area contributed by atoms with Crippen LogP contribution in [-0.2, 0) is 90.6 Å². The molecule has 80 heavy (non-hydrogen) atoms. The Morgan fingerprint density at radius 1 is 0.425 bits per heavy atom. The molecule has 4 N–H and O–H groups in total. The van der Waals surface area contributed by atoms with Crippen LogP contribution in [0.15, 0.2) is 109 Å². The number of carbonyl (C=O) groups is 2. The molecule has 0 saturated carbocycles. The SMILES string of the molecule is COC(=O)[C@@H](Cc1ccccc1)N1Cc2cc(cc(C(C)(C)C)c2O)C(C)(C)c2cc(c(O)c(C(C)(C)C)c2)CN([C@@H](Cc2ccccc2)C(=O)OC)Cc2cc(cc(C(C)(C)C)c2O)C(C)(C)c2cc(c(O)c(C(C)(C)C)c2)C1. The Labute approximate surface area is 477 Å². The monoisotopic (exact) mass is 1090 g/mol. The van der Waals surface area contributed by atoms with Gasteiger partial charge in [-0.15, -0.1) is 0 Å². The van der Waals surface area contributed by atoms with Gasteiger partial charge in [-0.2, -0.15) is 0 Å². The molecule has 0 fully saturated rings. The number of hydrogen-bond donors (Lipinski definition) is 4. The lowest BCUT2D eigenvalue weighted by molar-refractivity contribution is -0.148. The lowest BCUT2D eigenvalue weighted by Gasteiger charge is -2.37. The Morgan fingerprint density at radius 3 is 0.850 bits per heavy atom. The number of benzene rings is 6. The van der Waals surface area contributed by atoms with Crippen molar-refractivity contribution in [1.82, 2.24) is 9.80 Å². The number of phenolic OH excluding ortho intramolecular Hbond substituents is 4. The van der Waals surface area contributed by atoms with Gasteiger partial charge in [0.25, 0.3) is 0 Å². The molecule has 428 valence electrons. The zero-order valence-corrected chi connectivity index (χ0v) is 51.1. The molecular formula is C70H90N2O8. The maximum atomic E-state index is 14.5. The molecule has 1 aliphatic heterocycles. The topological polar surface area (TPSA) is 140 Å². The Bertz CT molecular complexity index is 2850. The Hall–Kier alpha value is -6.62. The fourth-order valence-corrected chi connectivity index (χ4v) is 11.4. The van der Waals surface area contributed by atoms with Crippen LogP contribution in [-0.4, -0.2) is 68.5 Å². The lowest BCUT2D eigenvalue weighted by Crippen LogP contribution is -2.43. The van der Waals surface area contributed by atoms with Gasteiger partial charge in [0.2, 0.25) is 0 Å². The van der Waals surface area contributed by atoms with Crippen molar-refractivity contribution in [2.75, 3.05) is 14.2 Å². The predicted molar refractivity (Wildman–Crippen MR) is 322 cm³/mol. The van der Waals surface area contributed by atoms with E-state index in [1.807, 2.05) is 94.7 Å². The molecule has 0 spiro atoms. The van der Waals surface area contributed by atoms with Crippen LogP contribution in [0.25, 0.3) is 0 Å². The van der Waals surface area contributed by atoms with Gasteiger partial charge in [0.15, 0.2) is 0 Å². The molecule has 0 amide bonds. The van der Waals surface area contributed by atoms with E-state index in [2.05, 4.69) is 135 Å². The van der Waals surface area contributed by atoms with Crippen molar-refractivity contribution in [2.45, 2.75) is 194 Å². The van der Waals surface area contributed by atoms with E-state index in [4.69, 9.17) is 9.47 Å². The first kappa shape index (κ1) is 61.0. The summed E-state index contributed by atoms with van der Waals surface area (Å²) in [4.78, 5) is 33.1. The van der Waals surface area contributed by atoms with Crippen LogP contribution >= 0.6 is 0 Å². The second kappa shape index (κ2) is 22.7. The Morgan fingerprint density at radius 2 is 0.650 bits per heavy atom. The van der Waals surface area contributed by atoms with Gasteiger partial charge in [-0.05, 0) is 114 Å². The third-order valence-corrected chi connectivity index (χ3v) is 16.7. The number of ether oxygens (including phenoxy) is 2. The summed E-state index contributed by atoms with van der Waals surface area (Å²) >= 11 is 0. The Kier molecular flexibility index (Phi) is 17.3. The van der Waals surface area contributed by atoms with Gasteiger partial charge in [-0.25, -0.2) is 0 Å². The van der Waals surface area contributed by atoms with Gasteiger partial charge in [0, 0.05) is 59.3 Å². The lowest BCUT2D eigenvalue weighted by atomic mass is 9.72. The highest BCUT2D eigenvalue weighted by atomic mass is 16.5. The molecule has 0 radical (unpaired) electrons. The standard InChI is InChI=1S/C70H90N2O8/c1-65(2,3)53-35-49-31-45(59(53)73)39-71(57(63(77)79-17)29-43-25-21-19-22-26-43)40-47-33-51(37-55(61(47)75)67(7,8)9)70(15,16)52-34-48(62(76)56(38-52)68(10,11)12)42-72(58(64(78)80-18)30-44-27-23-20-24-28-44)41-46-32-50(69(49,13)14)36-54(60(46)74)66(4,5)6/h19-28,31-38,57-58,73-76H,29-30,39-42H2,1-18H3/t57-,58+. The maximum Gasteiger partial charge on any atom is 0.323 e. The highest BCUT2D eigenvalue weighted by Crippen LogP contribution is 2.48. The summed E-state index contributed by atoms with van der Waals surface area (Å²) in [6, 6.07) is 34.4. The molecule has 1 aliphatic rings. The van der Waals surface area contributed by atoms with Gasteiger partial charge in [0.05, 0.1) is 14.2 Å². The number of esters is 2. The number of rotatable bonds is 8. The quantitative estimate of drug-likeness (QED) is 0.109. The van der Waals surface area contributed by atoms with E-state index in [0.717, 1.165) is 55.6 Å². The van der Waals surface area contributed by atoms with Gasteiger partial charge in [0.1, 0.15) is 35.1 Å². The van der Waals surface area contributed by atoms with E-state index in [-0.39, 0.29) is 49.2 Å². The summed E-state index contributed by atoms with van der Waals surface area (Å²) in [5, 5.41) is 50.9. The molecule has 7 rings (SSSR count). The molecule has 8 bridgehead atoms. The average Bonchev–Trinajstić information content (AvgIpc) is 3.38. The number of hydrogen-bond acceptors (Lipinski definition) is 10. The third-order valence-electron chi connectivity index (χ3n) is 16.7. The predicted octanol–water partition coefficient (Wildman–Crippen LogP) is 14.2. The normalized spacial score (nSPS) is 16.3. The van der Waals surface area contributed by atoms with Crippen LogP contribution < -0.4 is 0 Å². The molecule has 6 aromatic rings. The second-order valence-corrected chi connectivity index (χ2v) is 27.6. The summed E-state index contributed by atoms with van der Waals surface area (Å²) in [5.41, 5.74) is 6.96. The molecule has 6 aromatic carbocycles. The number of methoxy groups -OCH3 is 2. The van der Waals surface area contributed by atoms with Gasteiger partial charge in [-0.1, -0.05) is 196 Å². The largest absolute Gasteiger partial charge is 0.507 e. The van der Waals surface area contributed by atoms with Crippen molar-refractivity contribution in [3.05, 3.63) is 187 Å². The smallest absolute Gasteiger partial charge is 0.323 e. The highest BCUT2D eigenvalue weighted by Gasteiger charge is 2.39. The summed E-state index contributed by atoms with van der Waals surface area (Å²) in [7, 11) is 2.80. The number of aromatic hydroxyl groups is 4. The Balaban J connectivity index is 1.64. The second-order valence-electron chi connectivity index (χ2n) is 27.6. The van der Waals surface area contributed by atoms with Crippen molar-refractivity contribution in [2.24, 2.45) is 0 Å². The molecule has 0 aliphatic carbocycles. The van der Waals surface area contributed by atoms with Crippen LogP contribution in [0.3, 0.4) is 0 Å². The average molecular weight is 1090 g/mol. The van der Waals surface area contributed by atoms with Crippen LogP contribution in [0.4, 0.5) is 0 Å². The first-order valence-corrected chi connectivity index (χ1v) is 28.3. The number of fused-ring (bicyclic) bond motifs is 8. The maximum absolute atomic E-state index is 14.5. The van der Waals surface area contributed by atoms with E-state index < -0.39 is 56.5 Å². The number of carbonyl (C=O) groups excluding carboxylic acids is 2. The summed E-state index contributed by atoms with van der Waals surface area (Å²) in [6.45, 7) is 33.9. The number of nitrogens with zero attached hydrogens (tertiary/aromatic N) is 2. The zero-order chi connectivity index (χ0) is 59.2. The fourth-order valence-electron chi connectivity index (χ4n) is 11.4. The summed E-state index contributed by atoms with van der Waals surface area (Å²) in [6.07, 6.45) is 0.585. The minimum Gasteiger partial charge on any atom is -0.507 e. The molecule has 10 heteroatoms. The van der Waals surface area contributed by atoms with E-state index in [1.54, 1.807) is 0 Å². The van der Waals surface area contributed by atoms with Crippen molar-refractivity contribution >= 4 is 11.9 Å². The fraction of sp³-hybridized carbons (Fsp3) is 0.457. The van der Waals surface area contributed by atoms with Crippen molar-refractivity contribution in [3.8, 4) is 23.0 Å². The minimum absolute atomic E-state index is 0.0962. The van der Waals surface area contributed by atoms with Crippen LogP contribution in [0, 0.1) is 0 Å². The summed E-state index contributed by atoms with van der Waals surface area (Å²) in [5.74, 6) is -0.442. The third kappa shape index (κ3) is 12.9. The number of phenols is 4. The van der Waals surface area contributed by atoms with Crippen LogP contribution in [0.2, 0.25) is 0 Å². The molecule has 10 nitrogen and oxygen atoms in total. The van der Waals surface area contributed by atoms with E-state index in [1.165, 1.54) is 14.2 Å². The zero-order valence-electron chi connectivity index (χ0n) is 51.1. The first-order valence-electron chi connectivity index (χ1n) is 28.3. The van der Waals surface area contributed by atoms with Gasteiger partial charge < -0.3 is 29.9 Å². The molecule has 1 heterocycles. The first-order chi connectivity index (χ1) is 37.1. The molecule has 2 atom stereocenters. The van der Waals surface area contributed by atoms with E-state index in [9.17, 15) is 30.0 Å². The highest BCUT2D eigenvalue weighted by molar-refractivity contribution is 5.77. The molecule has 0 saturated heterocycles. The molecule has 0 aromatic heterocycles. The van der Waals surface area contributed by atoms with Gasteiger partial charge in [-0.3, -0.25) is 19.4 Å². The van der Waals surface area contributed by atoms with Crippen LogP contribution in [0.1, 0.15) is 189 Å². The van der Waals surface area contributed by atoms with Crippen molar-refractivity contribution < 1.29 is 39.5 Å². The summed E-state index contributed by atoms with van der Waals surface area (Å²) < 4.78 is 11.3. The van der Waals surface area contributed by atoms with Crippen molar-refractivity contribution in [3.63, 3.8) is 0 Å². The molecular weight excluding hydrogens is 997 g/mol. The molecule has 0 unspecified atom stereocenters. The van der Waals surface area contributed by atoms with Gasteiger partial charge >= 0.3 is 11.9 Å². The van der Waals surface area contributed by atoms with Crippen molar-refractivity contribution in [1.29, 1.82) is 0 Å². The van der Waals surface area contributed by atoms with E-state index >= 15 is 0 Å². The van der Waals surface area contributed by atoms with E-state index in [0.29, 0.717) is 35.1 Å².